The number of benzene rings is 2. The Labute approximate surface area is 122 Å². The summed E-state index contributed by atoms with van der Waals surface area (Å²) in [5.41, 5.74) is 2.30. The minimum atomic E-state index is -0.423. The molecule has 1 atom stereocenters. The van der Waals surface area contributed by atoms with E-state index in [0.717, 1.165) is 22.7 Å². The van der Waals surface area contributed by atoms with Gasteiger partial charge < -0.3 is 10.4 Å². The van der Waals surface area contributed by atoms with Gasteiger partial charge in [0.2, 0.25) is 0 Å². The standard InChI is InChI=1S/C17H15FN2O/c1-11(13-8-7-12(21)10-15(13)18)20-17-6-2-5-16-14(17)4-3-9-19-16/h2-11,20-21H,1H3. The van der Waals surface area contributed by atoms with Crippen LogP contribution in [0.3, 0.4) is 0 Å². The highest BCUT2D eigenvalue weighted by Gasteiger charge is 2.12. The van der Waals surface area contributed by atoms with Gasteiger partial charge in [-0.2, -0.15) is 0 Å². The highest BCUT2D eigenvalue weighted by Crippen LogP contribution is 2.28. The number of aromatic hydroxyl groups is 1. The highest BCUT2D eigenvalue weighted by molar-refractivity contribution is 5.91. The summed E-state index contributed by atoms with van der Waals surface area (Å²) in [6.07, 6.45) is 1.75. The fourth-order valence-corrected chi connectivity index (χ4v) is 2.41. The Morgan fingerprint density at radius 3 is 2.81 bits per heavy atom. The number of nitrogens with zero attached hydrogens (tertiary/aromatic N) is 1. The van der Waals surface area contributed by atoms with Crippen molar-refractivity contribution in [1.82, 2.24) is 4.98 Å². The first-order valence-corrected chi connectivity index (χ1v) is 6.74. The van der Waals surface area contributed by atoms with Crippen LogP contribution in [-0.2, 0) is 0 Å². The average Bonchev–Trinajstić information content (AvgIpc) is 2.47. The van der Waals surface area contributed by atoms with Crippen molar-refractivity contribution in [3.8, 4) is 5.75 Å². The normalized spacial score (nSPS) is 12.3. The van der Waals surface area contributed by atoms with Crippen molar-refractivity contribution in [2.75, 3.05) is 5.32 Å². The van der Waals surface area contributed by atoms with Gasteiger partial charge in [-0.1, -0.05) is 12.1 Å². The molecular formula is C17H15FN2O. The van der Waals surface area contributed by atoms with Crippen LogP contribution in [0.25, 0.3) is 10.9 Å². The molecule has 0 aliphatic rings. The smallest absolute Gasteiger partial charge is 0.132 e. The summed E-state index contributed by atoms with van der Waals surface area (Å²) in [6.45, 7) is 1.88. The maximum atomic E-state index is 13.9. The van der Waals surface area contributed by atoms with E-state index < -0.39 is 5.82 Å². The van der Waals surface area contributed by atoms with Crippen molar-refractivity contribution in [1.29, 1.82) is 0 Å². The van der Waals surface area contributed by atoms with E-state index in [1.807, 2.05) is 37.3 Å². The third-order valence-electron chi connectivity index (χ3n) is 3.47. The lowest BCUT2D eigenvalue weighted by atomic mass is 10.1. The van der Waals surface area contributed by atoms with Gasteiger partial charge in [-0.15, -0.1) is 0 Å². The summed E-state index contributed by atoms with van der Waals surface area (Å²) in [7, 11) is 0. The minimum Gasteiger partial charge on any atom is -0.508 e. The van der Waals surface area contributed by atoms with Crippen molar-refractivity contribution in [3.05, 3.63) is 66.1 Å². The van der Waals surface area contributed by atoms with Crippen LogP contribution >= 0.6 is 0 Å². The first-order valence-electron chi connectivity index (χ1n) is 6.74. The van der Waals surface area contributed by atoms with E-state index in [0.29, 0.717) is 5.56 Å². The van der Waals surface area contributed by atoms with E-state index in [4.69, 9.17) is 0 Å². The van der Waals surface area contributed by atoms with Gasteiger partial charge in [-0.05, 0) is 37.3 Å². The fraction of sp³-hybridized carbons (Fsp3) is 0.118. The van der Waals surface area contributed by atoms with Crippen LogP contribution in [0.4, 0.5) is 10.1 Å². The van der Waals surface area contributed by atoms with E-state index in [1.165, 1.54) is 6.07 Å². The second kappa shape index (κ2) is 5.40. The first kappa shape index (κ1) is 13.4. The molecule has 3 nitrogen and oxygen atoms in total. The number of pyridine rings is 1. The Balaban J connectivity index is 1.94. The molecule has 1 heterocycles. The quantitative estimate of drug-likeness (QED) is 0.754. The van der Waals surface area contributed by atoms with E-state index in [2.05, 4.69) is 10.3 Å². The Bertz CT molecular complexity index is 783. The van der Waals surface area contributed by atoms with Crippen LogP contribution in [0.5, 0.6) is 5.75 Å². The number of aromatic nitrogens is 1. The molecule has 0 saturated heterocycles. The van der Waals surface area contributed by atoms with E-state index in [-0.39, 0.29) is 11.8 Å². The maximum Gasteiger partial charge on any atom is 0.132 e. The molecule has 0 amide bonds. The highest BCUT2D eigenvalue weighted by atomic mass is 19.1. The van der Waals surface area contributed by atoms with Crippen molar-refractivity contribution in [2.24, 2.45) is 0 Å². The van der Waals surface area contributed by atoms with Gasteiger partial charge in [0.15, 0.2) is 0 Å². The second-order valence-electron chi connectivity index (χ2n) is 4.95. The van der Waals surface area contributed by atoms with Gasteiger partial charge in [0.05, 0.1) is 11.6 Å². The number of fused-ring (bicyclic) bond motifs is 1. The SMILES string of the molecule is CC(Nc1cccc2ncccc12)c1ccc(O)cc1F. The molecule has 0 aliphatic heterocycles. The van der Waals surface area contributed by atoms with Crippen molar-refractivity contribution < 1.29 is 9.50 Å². The van der Waals surface area contributed by atoms with E-state index >= 15 is 0 Å². The second-order valence-corrected chi connectivity index (χ2v) is 4.95. The molecule has 0 saturated carbocycles. The number of hydrogen-bond acceptors (Lipinski definition) is 3. The summed E-state index contributed by atoms with van der Waals surface area (Å²) >= 11 is 0. The largest absolute Gasteiger partial charge is 0.508 e. The first-order chi connectivity index (χ1) is 10.1. The number of phenolic OH excluding ortho intramolecular Hbond substituents is 1. The third kappa shape index (κ3) is 2.65. The van der Waals surface area contributed by atoms with Crippen LogP contribution < -0.4 is 5.32 Å². The van der Waals surface area contributed by atoms with Gasteiger partial charge in [0.1, 0.15) is 11.6 Å². The summed E-state index contributed by atoms with van der Waals surface area (Å²) in [5.74, 6) is -0.494. The molecule has 2 aromatic carbocycles. The van der Waals surface area contributed by atoms with Gasteiger partial charge in [-0.3, -0.25) is 4.98 Å². The average molecular weight is 282 g/mol. The van der Waals surface area contributed by atoms with Gasteiger partial charge in [-0.25, -0.2) is 4.39 Å². The number of rotatable bonds is 3. The van der Waals surface area contributed by atoms with E-state index in [1.54, 1.807) is 12.3 Å². The van der Waals surface area contributed by atoms with E-state index in [9.17, 15) is 9.50 Å². The molecule has 106 valence electrons. The van der Waals surface area contributed by atoms with Crippen LogP contribution in [0, 0.1) is 5.82 Å². The Morgan fingerprint density at radius 1 is 1.14 bits per heavy atom. The number of halogens is 1. The predicted octanol–water partition coefficient (Wildman–Crippen LogP) is 4.25. The molecule has 0 bridgehead atoms. The summed E-state index contributed by atoms with van der Waals surface area (Å²) < 4.78 is 13.9. The Hall–Kier alpha value is -2.62. The van der Waals surface area contributed by atoms with Crippen molar-refractivity contribution >= 4 is 16.6 Å². The zero-order chi connectivity index (χ0) is 14.8. The molecule has 0 spiro atoms. The molecule has 2 N–H and O–H groups in total. The lowest BCUT2D eigenvalue weighted by Crippen LogP contribution is -2.08. The number of anilines is 1. The Morgan fingerprint density at radius 2 is 2.00 bits per heavy atom. The molecule has 3 aromatic rings. The molecule has 1 aromatic heterocycles. The van der Waals surface area contributed by atoms with Gasteiger partial charge >= 0.3 is 0 Å². The number of hydrogen-bond donors (Lipinski definition) is 2. The van der Waals surface area contributed by atoms with Gasteiger partial charge in [0, 0.05) is 28.9 Å². The molecule has 21 heavy (non-hydrogen) atoms. The molecular weight excluding hydrogens is 267 g/mol. The lowest BCUT2D eigenvalue weighted by molar-refractivity contribution is 0.467. The fourth-order valence-electron chi connectivity index (χ4n) is 2.41. The monoisotopic (exact) mass is 282 g/mol. The minimum absolute atomic E-state index is 0.0715. The molecule has 0 fully saturated rings. The topological polar surface area (TPSA) is 45.2 Å². The molecule has 0 radical (unpaired) electrons. The predicted molar refractivity (Wildman–Crippen MR) is 81.8 cm³/mol. The summed E-state index contributed by atoms with van der Waals surface area (Å²) in [5, 5.41) is 13.6. The summed E-state index contributed by atoms with van der Waals surface area (Å²) in [4.78, 5) is 4.30. The molecule has 4 heteroatoms. The van der Waals surface area contributed by atoms with Crippen LogP contribution in [0.1, 0.15) is 18.5 Å². The number of nitrogens with one attached hydrogen (secondary N) is 1. The molecule has 0 aliphatic carbocycles. The zero-order valence-electron chi connectivity index (χ0n) is 11.5. The Kier molecular flexibility index (Phi) is 3.44. The molecule has 1 unspecified atom stereocenters. The third-order valence-corrected chi connectivity index (χ3v) is 3.47. The van der Waals surface area contributed by atoms with Crippen LogP contribution in [0.2, 0.25) is 0 Å². The maximum absolute atomic E-state index is 13.9. The molecule has 3 rings (SSSR count). The van der Waals surface area contributed by atoms with Crippen molar-refractivity contribution in [2.45, 2.75) is 13.0 Å². The van der Waals surface area contributed by atoms with Crippen molar-refractivity contribution in [3.63, 3.8) is 0 Å². The summed E-state index contributed by atoms with van der Waals surface area (Å²) in [6, 6.07) is 13.6. The zero-order valence-corrected chi connectivity index (χ0v) is 11.5. The van der Waals surface area contributed by atoms with Gasteiger partial charge in [0.25, 0.3) is 0 Å². The lowest BCUT2D eigenvalue weighted by Gasteiger charge is -2.18. The number of phenols is 1. The van der Waals surface area contributed by atoms with Crippen LogP contribution in [0.15, 0.2) is 54.7 Å². The van der Waals surface area contributed by atoms with Crippen LogP contribution in [-0.4, -0.2) is 10.1 Å².